The number of nitrogens with one attached hydrogen (secondary N) is 1. The largest absolute Gasteiger partial charge is 0.497 e. The second-order valence-corrected chi connectivity index (χ2v) is 4.97. The lowest BCUT2D eigenvalue weighted by atomic mass is 10.3. The van der Waals surface area contributed by atoms with E-state index >= 15 is 0 Å². The van der Waals surface area contributed by atoms with E-state index in [0.717, 1.165) is 22.7 Å². The van der Waals surface area contributed by atoms with Gasteiger partial charge in [0.15, 0.2) is 0 Å². The third kappa shape index (κ3) is 2.90. The van der Waals surface area contributed by atoms with Crippen molar-refractivity contribution in [3.8, 4) is 5.75 Å². The third-order valence-electron chi connectivity index (χ3n) is 2.58. The molecule has 0 aliphatic rings. The van der Waals surface area contributed by atoms with Crippen molar-refractivity contribution >= 4 is 22.9 Å². The summed E-state index contributed by atoms with van der Waals surface area (Å²) < 4.78 is 5.07. The Morgan fingerprint density at radius 1 is 1.22 bits per heavy atom. The van der Waals surface area contributed by atoms with Crippen molar-refractivity contribution in [1.82, 2.24) is 0 Å². The summed E-state index contributed by atoms with van der Waals surface area (Å²) in [6.07, 6.45) is 0.959. The molecule has 2 aromatic rings. The minimum atomic E-state index is -0.0649. The molecule has 0 bridgehead atoms. The highest BCUT2D eigenvalue weighted by molar-refractivity contribution is 7.14. The van der Waals surface area contributed by atoms with Crippen molar-refractivity contribution < 1.29 is 9.53 Å². The van der Waals surface area contributed by atoms with Crippen molar-refractivity contribution in [2.45, 2.75) is 13.3 Å². The van der Waals surface area contributed by atoms with Gasteiger partial charge in [-0.3, -0.25) is 4.79 Å². The number of ether oxygens (including phenoxy) is 1. The molecule has 0 saturated heterocycles. The van der Waals surface area contributed by atoms with Crippen LogP contribution >= 0.6 is 11.3 Å². The van der Waals surface area contributed by atoms with Crippen LogP contribution in [-0.4, -0.2) is 13.0 Å². The van der Waals surface area contributed by atoms with Crippen LogP contribution in [0.15, 0.2) is 36.4 Å². The first kappa shape index (κ1) is 12.6. The summed E-state index contributed by atoms with van der Waals surface area (Å²) in [5.41, 5.74) is 0.771. The second-order valence-electron chi connectivity index (χ2n) is 3.80. The third-order valence-corrected chi connectivity index (χ3v) is 3.81. The summed E-state index contributed by atoms with van der Waals surface area (Å²) >= 11 is 1.53. The molecule has 1 N–H and O–H groups in total. The van der Waals surface area contributed by atoms with Crippen LogP contribution < -0.4 is 10.1 Å². The van der Waals surface area contributed by atoms with E-state index in [1.165, 1.54) is 16.2 Å². The molecule has 0 saturated carbocycles. The number of hydrogen-bond acceptors (Lipinski definition) is 3. The molecular weight excluding hydrogens is 246 g/mol. The smallest absolute Gasteiger partial charge is 0.265 e. The second kappa shape index (κ2) is 5.69. The minimum absolute atomic E-state index is 0.0649. The molecule has 18 heavy (non-hydrogen) atoms. The summed E-state index contributed by atoms with van der Waals surface area (Å²) in [4.78, 5) is 13.9. The van der Waals surface area contributed by atoms with Gasteiger partial charge in [-0.1, -0.05) is 6.92 Å². The molecule has 4 heteroatoms. The Kier molecular flexibility index (Phi) is 3.99. The van der Waals surface area contributed by atoms with Crippen LogP contribution in [0.2, 0.25) is 0 Å². The summed E-state index contributed by atoms with van der Waals surface area (Å²) in [5.74, 6) is 0.710. The van der Waals surface area contributed by atoms with E-state index in [0.29, 0.717) is 0 Å². The van der Waals surface area contributed by atoms with Gasteiger partial charge < -0.3 is 10.1 Å². The van der Waals surface area contributed by atoms with Gasteiger partial charge >= 0.3 is 0 Å². The van der Waals surface area contributed by atoms with Crippen molar-refractivity contribution in [3.63, 3.8) is 0 Å². The first-order valence-electron chi connectivity index (χ1n) is 5.77. The van der Waals surface area contributed by atoms with Gasteiger partial charge in [0, 0.05) is 10.6 Å². The lowest BCUT2D eigenvalue weighted by Crippen LogP contribution is -2.09. The topological polar surface area (TPSA) is 38.3 Å². The van der Waals surface area contributed by atoms with Crippen LogP contribution in [0.25, 0.3) is 0 Å². The first-order chi connectivity index (χ1) is 8.72. The molecule has 1 heterocycles. The van der Waals surface area contributed by atoms with E-state index in [1.807, 2.05) is 36.4 Å². The Bertz CT molecular complexity index is 531. The van der Waals surface area contributed by atoms with E-state index < -0.39 is 0 Å². The Balaban J connectivity index is 2.06. The van der Waals surface area contributed by atoms with Crippen LogP contribution in [0.1, 0.15) is 21.5 Å². The number of hydrogen-bond donors (Lipinski definition) is 1. The SMILES string of the molecule is CCc1ccc(C(=O)Nc2ccc(OC)cc2)s1. The predicted octanol–water partition coefficient (Wildman–Crippen LogP) is 3.57. The Morgan fingerprint density at radius 2 is 1.94 bits per heavy atom. The lowest BCUT2D eigenvalue weighted by Gasteiger charge is -2.04. The minimum Gasteiger partial charge on any atom is -0.497 e. The van der Waals surface area contributed by atoms with Gasteiger partial charge in [-0.25, -0.2) is 0 Å². The molecule has 2 rings (SSSR count). The number of rotatable bonds is 4. The van der Waals surface area contributed by atoms with Gasteiger partial charge in [-0.15, -0.1) is 11.3 Å². The number of anilines is 1. The Morgan fingerprint density at radius 3 is 2.50 bits per heavy atom. The summed E-state index contributed by atoms with van der Waals surface area (Å²) in [7, 11) is 1.62. The van der Waals surface area contributed by atoms with Crippen LogP contribution in [0, 0.1) is 0 Å². The first-order valence-corrected chi connectivity index (χ1v) is 6.58. The molecule has 0 atom stereocenters. The van der Waals surface area contributed by atoms with Crippen molar-refractivity contribution in [2.24, 2.45) is 0 Å². The number of benzene rings is 1. The van der Waals surface area contributed by atoms with Crippen molar-refractivity contribution in [3.05, 3.63) is 46.2 Å². The molecule has 0 radical (unpaired) electrons. The zero-order chi connectivity index (χ0) is 13.0. The van der Waals surface area contributed by atoms with Gasteiger partial charge in [0.25, 0.3) is 5.91 Å². The zero-order valence-corrected chi connectivity index (χ0v) is 11.2. The Hall–Kier alpha value is -1.81. The maximum Gasteiger partial charge on any atom is 0.265 e. The van der Waals surface area contributed by atoms with Gasteiger partial charge in [0.2, 0.25) is 0 Å². The molecule has 3 nitrogen and oxygen atoms in total. The molecular formula is C14H15NO2S. The predicted molar refractivity (Wildman–Crippen MR) is 74.6 cm³/mol. The van der Waals surface area contributed by atoms with Crippen molar-refractivity contribution in [2.75, 3.05) is 12.4 Å². The van der Waals surface area contributed by atoms with Crippen LogP contribution in [0.5, 0.6) is 5.75 Å². The fraction of sp³-hybridized carbons (Fsp3) is 0.214. The number of carbonyl (C=O) groups is 1. The molecule has 0 unspecified atom stereocenters. The summed E-state index contributed by atoms with van der Waals surface area (Å²) in [6, 6.07) is 11.1. The summed E-state index contributed by atoms with van der Waals surface area (Å²) in [5, 5.41) is 2.86. The normalized spacial score (nSPS) is 10.1. The molecule has 94 valence electrons. The Labute approximate surface area is 110 Å². The average Bonchev–Trinajstić information content (AvgIpc) is 2.88. The van der Waals surface area contributed by atoms with E-state index in [-0.39, 0.29) is 5.91 Å². The molecule has 0 aliphatic carbocycles. The highest BCUT2D eigenvalue weighted by Crippen LogP contribution is 2.20. The number of aryl methyl sites for hydroxylation is 1. The maximum atomic E-state index is 12.0. The number of thiophene rings is 1. The van der Waals surface area contributed by atoms with E-state index in [1.54, 1.807) is 7.11 Å². The van der Waals surface area contributed by atoms with E-state index in [2.05, 4.69) is 12.2 Å². The molecule has 1 aromatic heterocycles. The van der Waals surface area contributed by atoms with E-state index in [9.17, 15) is 4.79 Å². The van der Waals surface area contributed by atoms with Crippen LogP contribution in [0.4, 0.5) is 5.69 Å². The van der Waals surface area contributed by atoms with Gasteiger partial charge in [0.05, 0.1) is 12.0 Å². The quantitative estimate of drug-likeness (QED) is 0.913. The van der Waals surface area contributed by atoms with Crippen LogP contribution in [-0.2, 0) is 6.42 Å². The zero-order valence-electron chi connectivity index (χ0n) is 10.4. The van der Waals surface area contributed by atoms with Gasteiger partial charge in [-0.05, 0) is 42.8 Å². The number of methoxy groups -OCH3 is 1. The average molecular weight is 261 g/mol. The molecule has 1 aromatic carbocycles. The molecule has 0 fully saturated rings. The maximum absolute atomic E-state index is 12.0. The van der Waals surface area contributed by atoms with Crippen LogP contribution in [0.3, 0.4) is 0 Å². The number of carbonyl (C=O) groups excluding carboxylic acids is 1. The lowest BCUT2D eigenvalue weighted by molar-refractivity contribution is 0.103. The van der Waals surface area contributed by atoms with Crippen molar-refractivity contribution in [1.29, 1.82) is 0 Å². The fourth-order valence-electron chi connectivity index (χ4n) is 1.56. The van der Waals surface area contributed by atoms with Gasteiger partial charge in [0.1, 0.15) is 5.75 Å². The molecule has 0 spiro atoms. The fourth-order valence-corrected chi connectivity index (χ4v) is 2.40. The van der Waals surface area contributed by atoms with E-state index in [4.69, 9.17) is 4.74 Å². The highest BCUT2D eigenvalue weighted by Gasteiger charge is 2.08. The molecule has 0 aliphatic heterocycles. The number of amides is 1. The standard InChI is InChI=1S/C14H15NO2S/c1-3-12-8-9-13(18-12)14(16)15-10-4-6-11(17-2)7-5-10/h4-9H,3H2,1-2H3,(H,15,16). The molecule has 1 amide bonds. The highest BCUT2D eigenvalue weighted by atomic mass is 32.1. The summed E-state index contributed by atoms with van der Waals surface area (Å²) in [6.45, 7) is 2.08. The monoisotopic (exact) mass is 261 g/mol. The van der Waals surface area contributed by atoms with Gasteiger partial charge in [-0.2, -0.15) is 0 Å².